The number of ether oxygens (including phenoxy) is 1. The lowest BCUT2D eigenvalue weighted by Crippen LogP contribution is -2.35. The van der Waals surface area contributed by atoms with Gasteiger partial charge in [0.15, 0.2) is 5.82 Å². The van der Waals surface area contributed by atoms with Crippen LogP contribution in [0.1, 0.15) is 16.7 Å². The Hall–Kier alpha value is -3.28. The van der Waals surface area contributed by atoms with Crippen molar-refractivity contribution in [3.63, 3.8) is 0 Å². The van der Waals surface area contributed by atoms with Crippen LogP contribution < -0.4 is 10.6 Å². The van der Waals surface area contributed by atoms with Gasteiger partial charge < -0.3 is 15.4 Å². The second-order valence-electron chi connectivity index (χ2n) is 6.93. The number of morpholine rings is 1. The number of rotatable bonds is 6. The first-order chi connectivity index (χ1) is 14.3. The highest BCUT2D eigenvalue weighted by Crippen LogP contribution is 2.23. The van der Waals surface area contributed by atoms with Crippen LogP contribution in [0.4, 0.5) is 5.69 Å². The van der Waals surface area contributed by atoms with Crippen molar-refractivity contribution in [3.05, 3.63) is 59.7 Å². The molecule has 2 aromatic heterocycles. The fourth-order valence-corrected chi connectivity index (χ4v) is 3.40. The molecule has 0 aliphatic carbocycles. The number of nitrogens with zero attached hydrogens (tertiary/aromatic N) is 6. The van der Waals surface area contributed by atoms with Gasteiger partial charge in [-0.05, 0) is 42.3 Å². The minimum Gasteiger partial charge on any atom is -0.378 e. The Balaban J connectivity index is 1.61. The molecule has 4 rings (SSSR count). The second-order valence-corrected chi connectivity index (χ2v) is 6.93. The van der Waals surface area contributed by atoms with Crippen LogP contribution in [-0.2, 0) is 17.7 Å². The van der Waals surface area contributed by atoms with E-state index < -0.39 is 0 Å². The predicted octanol–water partition coefficient (Wildman–Crippen LogP) is 1.60. The highest BCUT2D eigenvalue weighted by Gasteiger charge is 2.15. The highest BCUT2D eigenvalue weighted by atomic mass is 16.5. The zero-order chi connectivity index (χ0) is 20.1. The molecule has 0 bridgehead atoms. The smallest absolute Gasteiger partial charge is 0.159 e. The summed E-state index contributed by atoms with van der Waals surface area (Å²) in [6.45, 7) is 4.29. The Morgan fingerprint density at radius 3 is 2.66 bits per heavy atom. The summed E-state index contributed by atoms with van der Waals surface area (Å²) in [6.07, 6.45) is 8.26. The zero-order valence-corrected chi connectivity index (χ0v) is 16.2. The van der Waals surface area contributed by atoms with Gasteiger partial charge in [0.2, 0.25) is 0 Å². The Kier molecular flexibility index (Phi) is 5.79. The van der Waals surface area contributed by atoms with Crippen LogP contribution in [0.25, 0.3) is 11.4 Å². The third-order valence-corrected chi connectivity index (χ3v) is 4.94. The number of anilines is 1. The summed E-state index contributed by atoms with van der Waals surface area (Å²) >= 11 is 0. The minimum atomic E-state index is 0.531. The molecule has 1 fully saturated rings. The Labute approximate surface area is 169 Å². The molecule has 1 aromatic carbocycles. The molecule has 1 aliphatic heterocycles. The number of nitrogens with two attached hydrogens (primary N) is 1. The monoisotopic (exact) mass is 389 g/mol. The first-order valence-corrected chi connectivity index (χ1v) is 9.66. The molecule has 0 unspecified atom stereocenters. The van der Waals surface area contributed by atoms with Gasteiger partial charge in [-0.3, -0.25) is 4.68 Å². The summed E-state index contributed by atoms with van der Waals surface area (Å²) in [4.78, 5) is 11.3. The van der Waals surface area contributed by atoms with Crippen LogP contribution in [0.5, 0.6) is 0 Å². The molecule has 2 N–H and O–H groups in total. The van der Waals surface area contributed by atoms with Crippen LogP contribution in [0.2, 0.25) is 0 Å². The van der Waals surface area contributed by atoms with E-state index in [0.717, 1.165) is 55.1 Å². The Bertz CT molecular complexity index is 1000. The first-order valence-electron chi connectivity index (χ1n) is 9.66. The van der Waals surface area contributed by atoms with Crippen molar-refractivity contribution in [2.45, 2.75) is 13.0 Å². The van der Waals surface area contributed by atoms with Gasteiger partial charge in [-0.1, -0.05) is 0 Å². The molecule has 3 aromatic rings. The highest BCUT2D eigenvalue weighted by molar-refractivity contribution is 5.62. The number of hydrogen-bond donors (Lipinski definition) is 1. The van der Waals surface area contributed by atoms with E-state index in [2.05, 4.69) is 26.0 Å². The molecule has 148 valence electrons. The molecule has 8 nitrogen and oxygen atoms in total. The van der Waals surface area contributed by atoms with Crippen LogP contribution in [-0.4, -0.2) is 52.6 Å². The van der Waals surface area contributed by atoms with Crippen LogP contribution in [0.15, 0.2) is 43.0 Å². The summed E-state index contributed by atoms with van der Waals surface area (Å²) in [5, 5.41) is 13.8. The van der Waals surface area contributed by atoms with Crippen molar-refractivity contribution in [3.8, 4) is 17.5 Å². The lowest BCUT2D eigenvalue weighted by molar-refractivity contribution is 0.122. The first kappa shape index (κ1) is 19.1. The van der Waals surface area contributed by atoms with Crippen molar-refractivity contribution in [1.29, 1.82) is 5.26 Å². The van der Waals surface area contributed by atoms with Crippen molar-refractivity contribution in [2.24, 2.45) is 5.73 Å². The maximum atomic E-state index is 9.33. The normalized spacial score (nSPS) is 14.0. The summed E-state index contributed by atoms with van der Waals surface area (Å²) in [5.74, 6) is 0.630. The molecule has 0 radical (unpaired) electrons. The van der Waals surface area contributed by atoms with E-state index in [1.165, 1.54) is 0 Å². The topological polar surface area (TPSA) is 106 Å². The van der Waals surface area contributed by atoms with Crippen LogP contribution in [0.3, 0.4) is 0 Å². The molecule has 1 saturated heterocycles. The lowest BCUT2D eigenvalue weighted by Gasteiger charge is -2.27. The number of nitriles is 1. The van der Waals surface area contributed by atoms with E-state index in [4.69, 9.17) is 10.5 Å². The summed E-state index contributed by atoms with van der Waals surface area (Å²) in [5.41, 5.74) is 10.1. The Morgan fingerprint density at radius 2 is 1.93 bits per heavy atom. The quantitative estimate of drug-likeness (QED) is 0.682. The van der Waals surface area contributed by atoms with Gasteiger partial charge in [-0.25, -0.2) is 9.97 Å². The van der Waals surface area contributed by atoms with E-state index in [9.17, 15) is 5.26 Å². The van der Waals surface area contributed by atoms with Crippen molar-refractivity contribution in [1.82, 2.24) is 19.7 Å². The largest absolute Gasteiger partial charge is 0.378 e. The van der Waals surface area contributed by atoms with Crippen LogP contribution in [0, 0.1) is 11.3 Å². The van der Waals surface area contributed by atoms with Crippen molar-refractivity contribution in [2.75, 3.05) is 37.7 Å². The lowest BCUT2D eigenvalue weighted by atomic mass is 10.0. The molecule has 0 amide bonds. The van der Waals surface area contributed by atoms with Gasteiger partial charge in [0.05, 0.1) is 43.3 Å². The van der Waals surface area contributed by atoms with Gasteiger partial charge >= 0.3 is 0 Å². The maximum absolute atomic E-state index is 9.33. The van der Waals surface area contributed by atoms with Gasteiger partial charge in [-0.2, -0.15) is 10.4 Å². The number of benzene rings is 1. The fraction of sp³-hybridized carbons (Fsp3) is 0.333. The second kappa shape index (κ2) is 8.82. The van der Waals surface area contributed by atoms with E-state index >= 15 is 0 Å². The van der Waals surface area contributed by atoms with Gasteiger partial charge in [0.25, 0.3) is 0 Å². The van der Waals surface area contributed by atoms with Gasteiger partial charge in [0, 0.05) is 37.2 Å². The third-order valence-electron chi connectivity index (χ3n) is 4.94. The molecule has 8 heteroatoms. The minimum absolute atomic E-state index is 0.531. The molecule has 29 heavy (non-hydrogen) atoms. The zero-order valence-electron chi connectivity index (χ0n) is 16.2. The van der Waals surface area contributed by atoms with E-state index in [0.29, 0.717) is 24.5 Å². The average Bonchev–Trinajstić information content (AvgIpc) is 3.24. The molecule has 3 heterocycles. The Morgan fingerprint density at radius 1 is 1.14 bits per heavy atom. The third kappa shape index (κ3) is 4.42. The number of hydrogen-bond acceptors (Lipinski definition) is 7. The standard InChI is InChI=1S/C21H23N7O/c22-4-3-17-11-24-21(25-12-17)20-2-1-16(10-23)9-18(20)14-28-15-19(13-26-28)27-5-7-29-8-6-27/h1-2,9,11-13,15H,3-8,14,22H2. The predicted molar refractivity (Wildman–Crippen MR) is 109 cm³/mol. The van der Waals surface area contributed by atoms with Gasteiger partial charge in [0.1, 0.15) is 0 Å². The maximum Gasteiger partial charge on any atom is 0.159 e. The molecule has 1 aliphatic rings. The summed E-state index contributed by atoms with van der Waals surface area (Å²) < 4.78 is 7.30. The van der Waals surface area contributed by atoms with Crippen LogP contribution >= 0.6 is 0 Å². The van der Waals surface area contributed by atoms with E-state index in [1.807, 2.05) is 41.6 Å². The average molecular weight is 389 g/mol. The summed E-state index contributed by atoms with van der Waals surface area (Å²) in [6, 6.07) is 7.78. The molecule has 0 atom stereocenters. The van der Waals surface area contributed by atoms with Crippen molar-refractivity contribution < 1.29 is 4.74 Å². The molecular weight excluding hydrogens is 366 g/mol. The fourth-order valence-electron chi connectivity index (χ4n) is 3.40. The van der Waals surface area contributed by atoms with Crippen molar-refractivity contribution >= 4 is 5.69 Å². The SMILES string of the molecule is N#Cc1ccc(-c2ncc(CCN)cn2)c(Cn2cc(N3CCOCC3)cn2)c1. The molecule has 0 spiro atoms. The molecule has 0 saturated carbocycles. The molecular formula is C21H23N7O. The van der Waals surface area contributed by atoms with Gasteiger partial charge in [-0.15, -0.1) is 0 Å². The van der Waals surface area contributed by atoms with E-state index in [1.54, 1.807) is 6.07 Å². The van der Waals surface area contributed by atoms with E-state index in [-0.39, 0.29) is 0 Å². The summed E-state index contributed by atoms with van der Waals surface area (Å²) in [7, 11) is 0. The number of aromatic nitrogens is 4.